The van der Waals surface area contributed by atoms with Crippen molar-refractivity contribution >= 4 is 45.6 Å². The zero-order chi connectivity index (χ0) is 23.6. The van der Waals surface area contributed by atoms with E-state index in [2.05, 4.69) is 26.5 Å². The zero-order valence-electron chi connectivity index (χ0n) is 17.6. The summed E-state index contributed by atoms with van der Waals surface area (Å²) in [5.41, 5.74) is 3.42. The fraction of sp³-hybridized carbons (Fsp3) is 0.125. The summed E-state index contributed by atoms with van der Waals surface area (Å²) in [6.07, 6.45) is 1.44. The van der Waals surface area contributed by atoms with Gasteiger partial charge >= 0.3 is 5.97 Å². The van der Waals surface area contributed by atoms with Crippen molar-refractivity contribution in [1.82, 2.24) is 5.43 Å². The van der Waals surface area contributed by atoms with Crippen LogP contribution in [-0.4, -0.2) is 31.3 Å². The van der Waals surface area contributed by atoms with Crippen molar-refractivity contribution in [2.75, 3.05) is 13.2 Å². The predicted octanol–water partition coefficient (Wildman–Crippen LogP) is 5.25. The number of amides is 1. The van der Waals surface area contributed by atoms with Crippen molar-refractivity contribution in [1.29, 1.82) is 0 Å². The lowest BCUT2D eigenvalue weighted by Gasteiger charge is -2.11. The molecule has 170 valence electrons. The van der Waals surface area contributed by atoms with Gasteiger partial charge in [0.15, 0.2) is 18.1 Å². The maximum atomic E-state index is 12.4. The molecule has 7 nitrogen and oxygen atoms in total. The molecule has 0 aliphatic heterocycles. The van der Waals surface area contributed by atoms with Gasteiger partial charge in [0.1, 0.15) is 5.75 Å². The van der Waals surface area contributed by atoms with Gasteiger partial charge in [-0.05, 0) is 67.1 Å². The quantitative estimate of drug-likeness (QED) is 0.176. The lowest BCUT2D eigenvalue weighted by atomic mass is 10.2. The minimum atomic E-state index is -0.504. The highest BCUT2D eigenvalue weighted by atomic mass is 79.9. The second-order valence-electron chi connectivity index (χ2n) is 6.55. The summed E-state index contributed by atoms with van der Waals surface area (Å²) in [4.78, 5) is 24.4. The van der Waals surface area contributed by atoms with Crippen molar-refractivity contribution in [3.05, 3.63) is 87.4 Å². The first-order chi connectivity index (χ1) is 16.0. The molecule has 0 aliphatic rings. The first-order valence-corrected chi connectivity index (χ1v) is 11.1. The summed E-state index contributed by atoms with van der Waals surface area (Å²) in [5, 5.41) is 4.33. The van der Waals surface area contributed by atoms with E-state index in [-0.39, 0.29) is 12.4 Å². The number of ether oxygens (including phenoxy) is 3. The van der Waals surface area contributed by atoms with E-state index in [0.29, 0.717) is 34.3 Å². The molecule has 3 aromatic rings. The van der Waals surface area contributed by atoms with E-state index in [1.54, 1.807) is 66.7 Å². The van der Waals surface area contributed by atoms with E-state index in [0.717, 1.165) is 4.47 Å². The summed E-state index contributed by atoms with van der Waals surface area (Å²) in [5.74, 6) is 0.110. The first-order valence-electron chi connectivity index (χ1n) is 9.90. The molecule has 3 aromatic carbocycles. The molecular weight excluding hydrogens is 512 g/mol. The maximum Gasteiger partial charge on any atom is 0.343 e. The average Bonchev–Trinajstić information content (AvgIpc) is 2.80. The Morgan fingerprint density at radius 1 is 1.00 bits per heavy atom. The van der Waals surface area contributed by atoms with E-state index in [4.69, 9.17) is 25.8 Å². The number of nitrogens with zero attached hydrogens (tertiary/aromatic N) is 1. The normalized spacial score (nSPS) is 10.6. The molecule has 0 fully saturated rings. The highest BCUT2D eigenvalue weighted by Gasteiger charge is 2.13. The number of carbonyl (C=O) groups is 2. The highest BCUT2D eigenvalue weighted by Crippen LogP contribution is 2.29. The molecule has 9 heteroatoms. The smallest absolute Gasteiger partial charge is 0.343 e. The summed E-state index contributed by atoms with van der Waals surface area (Å²) >= 11 is 9.32. The van der Waals surface area contributed by atoms with Crippen LogP contribution in [0.5, 0.6) is 17.2 Å². The van der Waals surface area contributed by atoms with Crippen molar-refractivity contribution in [2.45, 2.75) is 6.92 Å². The Kier molecular flexibility index (Phi) is 8.86. The van der Waals surface area contributed by atoms with E-state index < -0.39 is 11.9 Å². The Labute approximate surface area is 204 Å². The first kappa shape index (κ1) is 24.3. The minimum Gasteiger partial charge on any atom is -0.490 e. The molecule has 0 heterocycles. The number of hydrogen-bond donors (Lipinski definition) is 1. The van der Waals surface area contributed by atoms with Gasteiger partial charge in [0.25, 0.3) is 5.91 Å². The molecule has 0 spiro atoms. The van der Waals surface area contributed by atoms with Gasteiger partial charge in [-0.25, -0.2) is 10.2 Å². The fourth-order valence-electron chi connectivity index (χ4n) is 2.62. The van der Waals surface area contributed by atoms with Gasteiger partial charge in [-0.2, -0.15) is 5.10 Å². The molecule has 0 saturated heterocycles. The molecule has 0 bridgehead atoms. The molecule has 0 saturated carbocycles. The Morgan fingerprint density at radius 3 is 2.48 bits per heavy atom. The van der Waals surface area contributed by atoms with Crippen LogP contribution in [0.4, 0.5) is 0 Å². The van der Waals surface area contributed by atoms with Crippen molar-refractivity contribution in [3.8, 4) is 17.2 Å². The fourth-order valence-corrected chi connectivity index (χ4v) is 3.07. The van der Waals surface area contributed by atoms with Gasteiger partial charge < -0.3 is 14.2 Å². The van der Waals surface area contributed by atoms with Crippen molar-refractivity contribution in [3.63, 3.8) is 0 Å². The van der Waals surface area contributed by atoms with Crippen LogP contribution in [0.1, 0.15) is 22.8 Å². The van der Waals surface area contributed by atoms with Crippen LogP contribution < -0.4 is 19.6 Å². The molecule has 0 aromatic heterocycles. The molecule has 0 radical (unpaired) electrons. The molecule has 3 rings (SSSR count). The predicted molar refractivity (Wildman–Crippen MR) is 129 cm³/mol. The average molecular weight is 532 g/mol. The van der Waals surface area contributed by atoms with E-state index in [1.807, 2.05) is 6.92 Å². The number of esters is 1. The van der Waals surface area contributed by atoms with Gasteiger partial charge in [0.2, 0.25) is 0 Å². The van der Waals surface area contributed by atoms with Gasteiger partial charge in [-0.3, -0.25) is 4.79 Å². The third-order valence-corrected chi connectivity index (χ3v) is 4.99. The molecular formula is C24H20BrClN2O5. The van der Waals surface area contributed by atoms with Crippen molar-refractivity contribution in [2.24, 2.45) is 5.10 Å². The molecule has 33 heavy (non-hydrogen) atoms. The lowest BCUT2D eigenvalue weighted by Crippen LogP contribution is -2.24. The van der Waals surface area contributed by atoms with Crippen LogP contribution in [0.25, 0.3) is 0 Å². The maximum absolute atomic E-state index is 12.4. The number of rotatable bonds is 9. The van der Waals surface area contributed by atoms with Gasteiger partial charge in [-0.1, -0.05) is 39.7 Å². The molecule has 0 atom stereocenters. The number of halogens is 2. The second-order valence-corrected chi connectivity index (χ2v) is 7.87. The number of para-hydroxylation sites is 1. The number of nitrogens with one attached hydrogen (secondary N) is 1. The monoisotopic (exact) mass is 530 g/mol. The van der Waals surface area contributed by atoms with Crippen LogP contribution >= 0.6 is 27.5 Å². The van der Waals surface area contributed by atoms with Crippen LogP contribution in [0.2, 0.25) is 5.02 Å². The van der Waals surface area contributed by atoms with Gasteiger partial charge in [0.05, 0.1) is 23.4 Å². The van der Waals surface area contributed by atoms with Crippen LogP contribution in [0.15, 0.2) is 76.3 Å². The SMILES string of the molecule is CCOc1cc(/C=N/NC(=O)COc2ccccc2Cl)ccc1OC(=O)c1ccc(Br)cc1. The molecule has 1 amide bonds. The number of hydrogen-bond acceptors (Lipinski definition) is 6. The highest BCUT2D eigenvalue weighted by molar-refractivity contribution is 9.10. The second kappa shape index (κ2) is 12.0. The van der Waals surface area contributed by atoms with Gasteiger partial charge in [0, 0.05) is 4.47 Å². The van der Waals surface area contributed by atoms with E-state index in [1.165, 1.54) is 6.21 Å². The summed E-state index contributed by atoms with van der Waals surface area (Å²) in [7, 11) is 0. The molecule has 0 unspecified atom stereocenters. The van der Waals surface area contributed by atoms with Gasteiger partial charge in [-0.15, -0.1) is 0 Å². The third-order valence-electron chi connectivity index (χ3n) is 4.15. The topological polar surface area (TPSA) is 86.2 Å². The summed E-state index contributed by atoms with van der Waals surface area (Å²) in [6, 6.07) is 18.6. The number of benzene rings is 3. The Hall–Kier alpha value is -3.36. The summed E-state index contributed by atoms with van der Waals surface area (Å²) < 4.78 is 17.3. The standard InChI is InChI=1S/C24H20BrClN2O5/c1-2-31-22-13-16(7-12-21(22)33-24(30)17-8-10-18(25)11-9-17)14-27-28-23(29)15-32-20-6-4-3-5-19(20)26/h3-14H,2,15H2,1H3,(H,28,29)/b27-14+. The molecule has 0 aliphatic carbocycles. The Bertz CT molecular complexity index is 1150. The number of hydrazone groups is 1. The van der Waals surface area contributed by atoms with E-state index in [9.17, 15) is 9.59 Å². The van der Waals surface area contributed by atoms with Crippen molar-refractivity contribution < 1.29 is 23.8 Å². The van der Waals surface area contributed by atoms with Crippen LogP contribution in [-0.2, 0) is 4.79 Å². The third kappa shape index (κ3) is 7.34. The van der Waals surface area contributed by atoms with Crippen LogP contribution in [0.3, 0.4) is 0 Å². The van der Waals surface area contributed by atoms with Crippen LogP contribution in [0, 0.1) is 0 Å². The Balaban J connectivity index is 1.60. The number of carbonyl (C=O) groups excluding carboxylic acids is 2. The Morgan fingerprint density at radius 2 is 1.76 bits per heavy atom. The largest absolute Gasteiger partial charge is 0.490 e. The molecule has 1 N–H and O–H groups in total. The summed E-state index contributed by atoms with van der Waals surface area (Å²) in [6.45, 7) is 1.95. The minimum absolute atomic E-state index is 0.240. The van der Waals surface area contributed by atoms with E-state index >= 15 is 0 Å². The lowest BCUT2D eigenvalue weighted by molar-refractivity contribution is -0.123. The zero-order valence-corrected chi connectivity index (χ0v) is 19.9.